The molecule has 0 amide bonds. The average molecular weight is 276 g/mol. The van der Waals surface area contributed by atoms with Crippen LogP contribution in [-0.4, -0.2) is 41.5 Å². The van der Waals surface area contributed by atoms with Crippen molar-refractivity contribution in [3.05, 3.63) is 30.9 Å². The molecule has 20 heavy (non-hydrogen) atoms. The van der Waals surface area contributed by atoms with E-state index in [-0.39, 0.29) is 0 Å². The van der Waals surface area contributed by atoms with Crippen LogP contribution in [0.1, 0.15) is 6.42 Å². The van der Waals surface area contributed by atoms with E-state index >= 15 is 0 Å². The number of nitrogen functional groups attached to an aromatic ring is 1. The predicted molar refractivity (Wildman–Crippen MR) is 77.2 cm³/mol. The van der Waals surface area contributed by atoms with E-state index in [2.05, 4.69) is 14.5 Å². The number of hydrogen-bond donors (Lipinski definition) is 1. The molecule has 0 atom stereocenters. The molecule has 0 aliphatic carbocycles. The highest BCUT2D eigenvalue weighted by molar-refractivity contribution is 5.61. The standard InChI is InChI=1S/C14H20N4O2/c1-19-7-8-20-6-2-5-18-11-16-10-13(18)12-3-4-17-14(15)9-12/h3-4,9-11H,2,5-8H2,1H3,(H2,15,17). The van der Waals surface area contributed by atoms with E-state index in [4.69, 9.17) is 15.2 Å². The predicted octanol–water partition coefficient (Wildman–Crippen LogP) is 1.58. The number of ether oxygens (including phenoxy) is 2. The zero-order valence-electron chi connectivity index (χ0n) is 11.7. The summed E-state index contributed by atoms with van der Waals surface area (Å²) in [4.78, 5) is 8.20. The van der Waals surface area contributed by atoms with E-state index in [0.717, 1.165) is 24.2 Å². The van der Waals surface area contributed by atoms with Gasteiger partial charge >= 0.3 is 0 Å². The van der Waals surface area contributed by atoms with E-state index in [9.17, 15) is 0 Å². The second-order valence-corrected chi connectivity index (χ2v) is 4.40. The second-order valence-electron chi connectivity index (χ2n) is 4.40. The summed E-state index contributed by atoms with van der Waals surface area (Å²) in [5.41, 5.74) is 7.77. The first kappa shape index (κ1) is 14.5. The van der Waals surface area contributed by atoms with Crippen molar-refractivity contribution in [1.29, 1.82) is 0 Å². The number of nitrogens with two attached hydrogens (primary N) is 1. The van der Waals surface area contributed by atoms with Crippen LogP contribution in [0.15, 0.2) is 30.9 Å². The first-order valence-corrected chi connectivity index (χ1v) is 6.60. The van der Waals surface area contributed by atoms with Gasteiger partial charge in [-0.25, -0.2) is 9.97 Å². The van der Waals surface area contributed by atoms with Crippen LogP contribution in [-0.2, 0) is 16.0 Å². The van der Waals surface area contributed by atoms with Crippen molar-refractivity contribution in [2.24, 2.45) is 0 Å². The molecule has 0 aliphatic rings. The van der Waals surface area contributed by atoms with Crippen LogP contribution >= 0.6 is 0 Å². The van der Waals surface area contributed by atoms with Gasteiger partial charge in [0.05, 0.1) is 31.4 Å². The van der Waals surface area contributed by atoms with Gasteiger partial charge in [-0.2, -0.15) is 0 Å². The summed E-state index contributed by atoms with van der Waals surface area (Å²) in [6, 6.07) is 3.78. The van der Waals surface area contributed by atoms with Crippen LogP contribution in [0.5, 0.6) is 0 Å². The average Bonchev–Trinajstić information content (AvgIpc) is 2.91. The molecule has 2 heterocycles. The second kappa shape index (κ2) is 7.62. The smallest absolute Gasteiger partial charge is 0.123 e. The Bertz CT molecular complexity index is 527. The van der Waals surface area contributed by atoms with Crippen LogP contribution in [0.2, 0.25) is 0 Å². The van der Waals surface area contributed by atoms with Gasteiger partial charge in [0.1, 0.15) is 5.82 Å². The Hall–Kier alpha value is -1.92. The highest BCUT2D eigenvalue weighted by atomic mass is 16.5. The lowest BCUT2D eigenvalue weighted by atomic mass is 10.2. The molecule has 0 fully saturated rings. The topological polar surface area (TPSA) is 75.2 Å². The minimum Gasteiger partial charge on any atom is -0.384 e. The Labute approximate surface area is 118 Å². The van der Waals surface area contributed by atoms with Crippen LogP contribution in [0.4, 0.5) is 5.82 Å². The SMILES string of the molecule is COCCOCCCn1cncc1-c1ccnc(N)c1. The Balaban J connectivity index is 1.89. The van der Waals surface area contributed by atoms with Crippen LogP contribution in [0, 0.1) is 0 Å². The van der Waals surface area contributed by atoms with Gasteiger partial charge in [0.15, 0.2) is 0 Å². The third kappa shape index (κ3) is 4.04. The normalized spacial score (nSPS) is 10.8. The molecule has 0 aliphatic heterocycles. The van der Waals surface area contributed by atoms with Crippen molar-refractivity contribution in [1.82, 2.24) is 14.5 Å². The van der Waals surface area contributed by atoms with E-state index in [0.29, 0.717) is 25.6 Å². The summed E-state index contributed by atoms with van der Waals surface area (Å²) in [5.74, 6) is 0.512. The van der Waals surface area contributed by atoms with Gasteiger partial charge in [-0.15, -0.1) is 0 Å². The Morgan fingerprint density at radius 1 is 1.30 bits per heavy atom. The first-order chi connectivity index (χ1) is 9.81. The third-order valence-electron chi connectivity index (χ3n) is 2.91. The number of aromatic nitrogens is 3. The quantitative estimate of drug-likeness (QED) is 0.741. The van der Waals surface area contributed by atoms with Gasteiger partial charge in [-0.05, 0) is 18.6 Å². The number of methoxy groups -OCH3 is 1. The number of rotatable bonds is 8. The Kier molecular flexibility index (Phi) is 5.52. The zero-order valence-corrected chi connectivity index (χ0v) is 11.7. The van der Waals surface area contributed by atoms with E-state index in [1.807, 2.05) is 24.7 Å². The molecule has 108 valence electrons. The summed E-state index contributed by atoms with van der Waals surface area (Å²) in [6.45, 7) is 2.82. The van der Waals surface area contributed by atoms with Gasteiger partial charge < -0.3 is 19.8 Å². The number of hydrogen-bond acceptors (Lipinski definition) is 5. The molecule has 0 saturated heterocycles. The molecule has 0 aromatic carbocycles. The molecular formula is C14H20N4O2. The molecule has 2 N–H and O–H groups in total. The molecule has 6 heteroatoms. The molecule has 0 unspecified atom stereocenters. The molecule has 0 bridgehead atoms. The number of aryl methyl sites for hydroxylation is 1. The Morgan fingerprint density at radius 3 is 3.00 bits per heavy atom. The van der Waals surface area contributed by atoms with Gasteiger partial charge in [-0.1, -0.05) is 0 Å². The molecule has 0 radical (unpaired) electrons. The van der Waals surface area contributed by atoms with E-state index in [1.54, 1.807) is 13.3 Å². The number of pyridine rings is 1. The number of imidazole rings is 1. The number of nitrogens with zero attached hydrogens (tertiary/aromatic N) is 3. The lowest BCUT2D eigenvalue weighted by molar-refractivity contribution is 0.0680. The summed E-state index contributed by atoms with van der Waals surface area (Å²) in [5, 5.41) is 0. The van der Waals surface area contributed by atoms with E-state index < -0.39 is 0 Å². The van der Waals surface area contributed by atoms with Crippen molar-refractivity contribution in [3.63, 3.8) is 0 Å². The third-order valence-corrected chi connectivity index (χ3v) is 2.91. The fraction of sp³-hybridized carbons (Fsp3) is 0.429. The van der Waals surface area contributed by atoms with Crippen molar-refractivity contribution in [2.45, 2.75) is 13.0 Å². The lowest BCUT2D eigenvalue weighted by Crippen LogP contribution is -2.06. The molecule has 2 rings (SSSR count). The molecule has 0 saturated carbocycles. The first-order valence-electron chi connectivity index (χ1n) is 6.60. The summed E-state index contributed by atoms with van der Waals surface area (Å²) >= 11 is 0. The fourth-order valence-electron chi connectivity index (χ4n) is 1.93. The van der Waals surface area contributed by atoms with Crippen molar-refractivity contribution in [2.75, 3.05) is 32.7 Å². The van der Waals surface area contributed by atoms with Crippen LogP contribution in [0.3, 0.4) is 0 Å². The summed E-state index contributed by atoms with van der Waals surface area (Å²) < 4.78 is 12.5. The summed E-state index contributed by atoms with van der Waals surface area (Å²) in [6.07, 6.45) is 6.28. The van der Waals surface area contributed by atoms with Crippen LogP contribution < -0.4 is 5.73 Å². The number of anilines is 1. The molecule has 0 spiro atoms. The molecule has 6 nitrogen and oxygen atoms in total. The largest absolute Gasteiger partial charge is 0.384 e. The highest BCUT2D eigenvalue weighted by Crippen LogP contribution is 2.20. The van der Waals surface area contributed by atoms with Gasteiger partial charge in [-0.3, -0.25) is 0 Å². The summed E-state index contributed by atoms with van der Waals surface area (Å²) in [7, 11) is 1.67. The molecule has 2 aromatic rings. The highest BCUT2D eigenvalue weighted by Gasteiger charge is 2.05. The van der Waals surface area contributed by atoms with Crippen molar-refractivity contribution in [3.8, 4) is 11.3 Å². The lowest BCUT2D eigenvalue weighted by Gasteiger charge is -2.09. The van der Waals surface area contributed by atoms with Crippen LogP contribution in [0.25, 0.3) is 11.3 Å². The minimum atomic E-state index is 0.512. The van der Waals surface area contributed by atoms with E-state index in [1.165, 1.54) is 0 Å². The monoisotopic (exact) mass is 276 g/mol. The van der Waals surface area contributed by atoms with Gasteiger partial charge in [0.25, 0.3) is 0 Å². The molecular weight excluding hydrogens is 256 g/mol. The maximum atomic E-state index is 5.71. The fourth-order valence-corrected chi connectivity index (χ4v) is 1.93. The maximum Gasteiger partial charge on any atom is 0.123 e. The molecule has 2 aromatic heterocycles. The Morgan fingerprint density at radius 2 is 2.20 bits per heavy atom. The van der Waals surface area contributed by atoms with Gasteiger partial charge in [0.2, 0.25) is 0 Å². The maximum absolute atomic E-state index is 5.71. The minimum absolute atomic E-state index is 0.512. The van der Waals surface area contributed by atoms with Gasteiger partial charge in [0, 0.05) is 32.0 Å². The van der Waals surface area contributed by atoms with Crippen molar-refractivity contribution >= 4 is 5.82 Å². The zero-order chi connectivity index (χ0) is 14.2. The van der Waals surface area contributed by atoms with Crippen molar-refractivity contribution < 1.29 is 9.47 Å².